The highest BCUT2D eigenvalue weighted by Crippen LogP contribution is 2.25. The molecule has 1 aromatic heterocycles. The first kappa shape index (κ1) is 12.0. The van der Waals surface area contributed by atoms with Crippen LogP contribution in [0.5, 0.6) is 0 Å². The number of aryl methyl sites for hydroxylation is 1. The van der Waals surface area contributed by atoms with Crippen LogP contribution in [-0.4, -0.2) is 34.6 Å². The maximum atomic E-state index is 11.7. The van der Waals surface area contributed by atoms with Gasteiger partial charge in [0, 0.05) is 0 Å². The van der Waals surface area contributed by atoms with Crippen LogP contribution in [0, 0.1) is 0 Å². The van der Waals surface area contributed by atoms with E-state index < -0.39 is 21.2 Å². The fourth-order valence-corrected chi connectivity index (χ4v) is 2.98. The van der Waals surface area contributed by atoms with Gasteiger partial charge in [-0.3, -0.25) is 4.79 Å². The minimum atomic E-state index is -3.54. The molecule has 1 fully saturated rings. The average molecular weight is 258 g/mol. The monoisotopic (exact) mass is 258 g/mol. The van der Waals surface area contributed by atoms with Gasteiger partial charge in [-0.05, 0) is 19.8 Å². The summed E-state index contributed by atoms with van der Waals surface area (Å²) < 4.78 is 25.4. The molecule has 0 spiro atoms. The molecular weight excluding hydrogens is 244 g/mol. The molecule has 0 unspecified atom stereocenters. The first-order chi connectivity index (χ1) is 8.03. The zero-order chi connectivity index (χ0) is 12.5. The van der Waals surface area contributed by atoms with Crippen molar-refractivity contribution >= 4 is 15.9 Å². The van der Waals surface area contributed by atoms with E-state index in [1.54, 1.807) is 0 Å². The number of rotatable bonds is 4. The molecule has 1 aliphatic carbocycles. The molecule has 0 atom stereocenters. The number of carbonyl (C=O) groups is 1. The van der Waals surface area contributed by atoms with Crippen LogP contribution in [0.1, 0.15) is 36.7 Å². The molecule has 0 bridgehead atoms. The van der Waals surface area contributed by atoms with Crippen molar-refractivity contribution in [1.29, 1.82) is 0 Å². The Morgan fingerprint density at radius 3 is 2.76 bits per heavy atom. The van der Waals surface area contributed by atoms with Crippen molar-refractivity contribution in [2.24, 2.45) is 0 Å². The van der Waals surface area contributed by atoms with Crippen molar-refractivity contribution in [3.8, 4) is 0 Å². The maximum absolute atomic E-state index is 11.7. The van der Waals surface area contributed by atoms with Crippen LogP contribution in [-0.2, 0) is 16.6 Å². The van der Waals surface area contributed by atoms with Crippen LogP contribution in [0.4, 0.5) is 0 Å². The zero-order valence-corrected chi connectivity index (χ0v) is 10.3. The highest BCUT2D eigenvalue weighted by Gasteiger charge is 2.33. The molecule has 1 amide bonds. The molecule has 0 radical (unpaired) electrons. The second-order valence-electron chi connectivity index (χ2n) is 3.95. The molecule has 0 aromatic carbocycles. The van der Waals surface area contributed by atoms with Gasteiger partial charge in [0.1, 0.15) is 0 Å². The van der Waals surface area contributed by atoms with Crippen molar-refractivity contribution in [3.05, 3.63) is 11.9 Å². The molecule has 94 valence electrons. The molecule has 1 N–H and O–H groups in total. The molecule has 1 aromatic rings. The Hall–Kier alpha value is -1.44. The maximum Gasteiger partial charge on any atom is 0.286 e. The van der Waals surface area contributed by atoms with Crippen molar-refractivity contribution in [2.75, 3.05) is 0 Å². The molecular formula is C9H14N4O3S. The van der Waals surface area contributed by atoms with E-state index in [-0.39, 0.29) is 5.69 Å². The predicted molar refractivity (Wildman–Crippen MR) is 59.7 cm³/mol. The van der Waals surface area contributed by atoms with Crippen LogP contribution in [0.2, 0.25) is 0 Å². The van der Waals surface area contributed by atoms with E-state index >= 15 is 0 Å². The first-order valence-corrected chi connectivity index (χ1v) is 7.03. The molecule has 8 heteroatoms. The Labute approximate surface area is 99.2 Å². The molecule has 1 aliphatic rings. The third-order valence-electron chi connectivity index (χ3n) is 2.78. The molecule has 0 aliphatic heterocycles. The zero-order valence-electron chi connectivity index (χ0n) is 9.46. The quantitative estimate of drug-likeness (QED) is 0.814. The topological polar surface area (TPSA) is 94.0 Å². The minimum Gasteiger partial charge on any atom is -0.266 e. The van der Waals surface area contributed by atoms with E-state index in [0.717, 1.165) is 6.42 Å². The fourth-order valence-electron chi connectivity index (χ4n) is 1.50. The van der Waals surface area contributed by atoms with Gasteiger partial charge in [-0.25, -0.2) is 13.1 Å². The van der Waals surface area contributed by atoms with E-state index in [0.29, 0.717) is 19.4 Å². The minimum absolute atomic E-state index is 0.0229. The largest absolute Gasteiger partial charge is 0.286 e. The third-order valence-corrected chi connectivity index (χ3v) is 4.60. The van der Waals surface area contributed by atoms with Crippen molar-refractivity contribution < 1.29 is 13.2 Å². The van der Waals surface area contributed by atoms with E-state index in [4.69, 9.17) is 0 Å². The van der Waals surface area contributed by atoms with Crippen LogP contribution < -0.4 is 4.72 Å². The van der Waals surface area contributed by atoms with Crippen molar-refractivity contribution in [2.45, 2.75) is 38.0 Å². The van der Waals surface area contributed by atoms with Crippen LogP contribution in [0.3, 0.4) is 0 Å². The Balaban J connectivity index is 2.06. The van der Waals surface area contributed by atoms with Crippen LogP contribution in [0.15, 0.2) is 6.20 Å². The normalized spacial score (nSPS) is 16.5. The molecule has 17 heavy (non-hydrogen) atoms. The van der Waals surface area contributed by atoms with Crippen LogP contribution in [0.25, 0.3) is 0 Å². The molecule has 1 heterocycles. The number of sulfonamides is 1. The van der Waals surface area contributed by atoms with Gasteiger partial charge in [0.05, 0.1) is 18.0 Å². The first-order valence-electron chi connectivity index (χ1n) is 5.49. The summed E-state index contributed by atoms with van der Waals surface area (Å²) in [5, 5.41) is 7.22. The summed E-state index contributed by atoms with van der Waals surface area (Å²) in [7, 11) is -3.54. The van der Waals surface area contributed by atoms with Crippen molar-refractivity contribution in [3.63, 3.8) is 0 Å². The Bertz CT molecular complexity index is 518. The molecule has 1 saturated carbocycles. The lowest BCUT2D eigenvalue weighted by atomic mass is 10.0. The summed E-state index contributed by atoms with van der Waals surface area (Å²) >= 11 is 0. The standard InChI is InChI=1S/C9H14N4O3S/c1-2-13-10-6-8(11-13)9(14)12-17(15,16)7-4-3-5-7/h6-7H,2-5H2,1H3,(H,12,14). The number of hydrogen-bond acceptors (Lipinski definition) is 5. The number of hydrogen-bond donors (Lipinski definition) is 1. The van der Waals surface area contributed by atoms with Gasteiger partial charge in [0.2, 0.25) is 10.0 Å². The summed E-state index contributed by atoms with van der Waals surface area (Å²) in [4.78, 5) is 13.0. The summed E-state index contributed by atoms with van der Waals surface area (Å²) in [5.74, 6) is -0.711. The summed E-state index contributed by atoms with van der Waals surface area (Å²) in [6.07, 6.45) is 3.38. The molecule has 7 nitrogen and oxygen atoms in total. The van der Waals surface area contributed by atoms with Gasteiger partial charge < -0.3 is 0 Å². The molecule has 2 rings (SSSR count). The van der Waals surface area contributed by atoms with Crippen LogP contribution >= 0.6 is 0 Å². The fraction of sp³-hybridized carbons (Fsp3) is 0.667. The lowest BCUT2D eigenvalue weighted by molar-refractivity contribution is 0.0975. The summed E-state index contributed by atoms with van der Waals surface area (Å²) in [6.45, 7) is 2.36. The van der Waals surface area contributed by atoms with Gasteiger partial charge in [-0.15, -0.1) is 5.10 Å². The molecule has 0 saturated heterocycles. The Morgan fingerprint density at radius 2 is 2.29 bits per heavy atom. The summed E-state index contributed by atoms with van der Waals surface area (Å²) in [6, 6.07) is 0. The smallest absolute Gasteiger partial charge is 0.266 e. The van der Waals surface area contributed by atoms with Gasteiger partial charge in [0.15, 0.2) is 5.69 Å². The lowest BCUT2D eigenvalue weighted by Crippen LogP contribution is -2.41. The van der Waals surface area contributed by atoms with E-state index in [1.807, 2.05) is 11.6 Å². The van der Waals surface area contributed by atoms with Crippen molar-refractivity contribution in [1.82, 2.24) is 19.7 Å². The number of nitrogens with zero attached hydrogens (tertiary/aromatic N) is 3. The van der Waals surface area contributed by atoms with Gasteiger partial charge in [0.25, 0.3) is 5.91 Å². The van der Waals surface area contributed by atoms with E-state index in [2.05, 4.69) is 10.2 Å². The number of aromatic nitrogens is 3. The number of carbonyl (C=O) groups excluding carboxylic acids is 1. The SMILES string of the molecule is CCn1ncc(C(=O)NS(=O)(=O)C2CCC2)n1. The number of nitrogens with one attached hydrogen (secondary N) is 1. The number of amides is 1. The van der Waals surface area contributed by atoms with Gasteiger partial charge in [-0.1, -0.05) is 6.42 Å². The lowest BCUT2D eigenvalue weighted by Gasteiger charge is -2.24. The highest BCUT2D eigenvalue weighted by molar-refractivity contribution is 7.90. The second kappa shape index (κ2) is 4.44. The van der Waals surface area contributed by atoms with Gasteiger partial charge in [-0.2, -0.15) is 9.90 Å². The highest BCUT2D eigenvalue weighted by atomic mass is 32.2. The Kier molecular flexibility index (Phi) is 3.14. The predicted octanol–water partition coefficient (Wildman–Crippen LogP) is -0.0899. The average Bonchev–Trinajstić information content (AvgIpc) is 2.60. The van der Waals surface area contributed by atoms with E-state index in [9.17, 15) is 13.2 Å². The summed E-state index contributed by atoms with van der Waals surface area (Å²) in [5.41, 5.74) is 0.0229. The van der Waals surface area contributed by atoms with Gasteiger partial charge >= 0.3 is 0 Å². The Morgan fingerprint density at radius 1 is 1.59 bits per heavy atom. The third kappa shape index (κ3) is 2.46. The second-order valence-corrected chi connectivity index (χ2v) is 5.91. The van der Waals surface area contributed by atoms with E-state index in [1.165, 1.54) is 11.0 Å².